The van der Waals surface area contributed by atoms with E-state index in [2.05, 4.69) is 36.0 Å². The van der Waals surface area contributed by atoms with Crippen LogP contribution in [0.1, 0.15) is 29.6 Å². The monoisotopic (exact) mass is 369 g/mol. The normalized spacial score (nSPS) is 19.6. The molecule has 0 bridgehead atoms. The van der Waals surface area contributed by atoms with E-state index in [1.165, 1.54) is 9.79 Å². The molecule has 25 heavy (non-hydrogen) atoms. The summed E-state index contributed by atoms with van der Waals surface area (Å²) in [6.07, 6.45) is 10.9. The van der Waals surface area contributed by atoms with Crippen molar-refractivity contribution in [2.45, 2.75) is 34.6 Å². The molecule has 0 spiro atoms. The lowest BCUT2D eigenvalue weighted by Gasteiger charge is -2.35. The van der Waals surface area contributed by atoms with Gasteiger partial charge < -0.3 is 5.32 Å². The van der Waals surface area contributed by atoms with Crippen molar-refractivity contribution in [3.8, 4) is 0 Å². The molecule has 1 unspecified atom stereocenters. The quantitative estimate of drug-likeness (QED) is 0.390. The van der Waals surface area contributed by atoms with Crippen LogP contribution in [-0.4, -0.2) is 23.8 Å². The first-order valence-corrected chi connectivity index (χ1v) is 10.9. The van der Waals surface area contributed by atoms with Crippen molar-refractivity contribution in [3.63, 3.8) is 0 Å². The van der Waals surface area contributed by atoms with Gasteiger partial charge in [0.2, 0.25) is 0 Å². The second kappa shape index (κ2) is 8.15. The van der Waals surface area contributed by atoms with Gasteiger partial charge in [0.15, 0.2) is 5.78 Å². The first kappa shape index (κ1) is 18.2. The summed E-state index contributed by atoms with van der Waals surface area (Å²) < 4.78 is 0. The molecule has 0 aliphatic heterocycles. The highest BCUT2D eigenvalue weighted by atomic mass is 32.2. The third-order valence-electron chi connectivity index (χ3n) is 4.61. The van der Waals surface area contributed by atoms with Gasteiger partial charge in [-0.05, 0) is 56.0 Å². The number of rotatable bonds is 6. The molecule has 2 aromatic rings. The fourth-order valence-corrected chi connectivity index (χ4v) is 4.74. The molecule has 0 amide bonds. The third kappa shape index (κ3) is 3.96. The molecule has 2 aromatic carbocycles. The van der Waals surface area contributed by atoms with Gasteiger partial charge in [0.05, 0.1) is 0 Å². The molecule has 0 saturated heterocycles. The summed E-state index contributed by atoms with van der Waals surface area (Å²) in [7, 11) is 0. The van der Waals surface area contributed by atoms with E-state index in [0.717, 1.165) is 30.5 Å². The molecule has 0 fully saturated rings. The van der Waals surface area contributed by atoms with E-state index in [1.807, 2.05) is 42.5 Å². The van der Waals surface area contributed by atoms with Crippen LogP contribution in [-0.2, 0) is 0 Å². The summed E-state index contributed by atoms with van der Waals surface area (Å²) in [6, 6.07) is 16.1. The highest BCUT2D eigenvalue weighted by Crippen LogP contribution is 2.34. The summed E-state index contributed by atoms with van der Waals surface area (Å²) >= 11 is 3.41. The van der Waals surface area contributed by atoms with E-state index in [-0.39, 0.29) is 5.78 Å². The van der Waals surface area contributed by atoms with E-state index in [9.17, 15) is 4.79 Å². The predicted octanol–water partition coefficient (Wildman–Crippen LogP) is 5.90. The molecule has 0 heterocycles. The van der Waals surface area contributed by atoms with E-state index in [1.54, 1.807) is 23.5 Å². The Morgan fingerprint density at radius 2 is 1.76 bits per heavy atom. The zero-order chi connectivity index (χ0) is 17.7. The van der Waals surface area contributed by atoms with Crippen LogP contribution < -0.4 is 5.32 Å². The minimum absolute atomic E-state index is 0.184. The molecule has 1 atom stereocenters. The second-order valence-electron chi connectivity index (χ2n) is 6.19. The molecule has 0 aromatic heterocycles. The number of benzene rings is 2. The molecule has 130 valence electrons. The van der Waals surface area contributed by atoms with Crippen molar-refractivity contribution in [3.05, 3.63) is 66.2 Å². The minimum atomic E-state index is -0.563. The van der Waals surface area contributed by atoms with Crippen LogP contribution in [0.2, 0.25) is 0 Å². The van der Waals surface area contributed by atoms with Crippen LogP contribution in [0.3, 0.4) is 0 Å². The molecule has 4 heteroatoms. The molecular formula is C21H23NOS2. The van der Waals surface area contributed by atoms with Crippen molar-refractivity contribution in [1.82, 2.24) is 0 Å². The maximum absolute atomic E-state index is 13.5. The van der Waals surface area contributed by atoms with E-state index < -0.39 is 5.54 Å². The summed E-state index contributed by atoms with van der Waals surface area (Å²) in [5.41, 5.74) is 1.23. The van der Waals surface area contributed by atoms with Crippen molar-refractivity contribution >= 4 is 35.0 Å². The van der Waals surface area contributed by atoms with Crippen LogP contribution in [0.15, 0.2) is 70.5 Å². The molecule has 1 aliphatic carbocycles. The lowest BCUT2D eigenvalue weighted by molar-refractivity contribution is 0.0895. The number of nitrogens with one attached hydrogen (secondary N) is 1. The van der Waals surface area contributed by atoms with Gasteiger partial charge in [-0.25, -0.2) is 0 Å². The van der Waals surface area contributed by atoms with Gasteiger partial charge in [-0.2, -0.15) is 0 Å². The zero-order valence-electron chi connectivity index (χ0n) is 14.6. The zero-order valence-corrected chi connectivity index (χ0v) is 16.3. The Morgan fingerprint density at radius 1 is 1.00 bits per heavy atom. The number of Topliss-reactive ketones (excluding diaryl/α,β-unsaturated/α-hetero) is 1. The number of anilines is 1. The molecular weight excluding hydrogens is 346 g/mol. The summed E-state index contributed by atoms with van der Waals surface area (Å²) in [5, 5.41) is 3.55. The average Bonchev–Trinajstić information content (AvgIpc) is 2.68. The fraction of sp³-hybridized carbons (Fsp3) is 0.286. The lowest BCUT2D eigenvalue weighted by atomic mass is 9.79. The fourth-order valence-electron chi connectivity index (χ4n) is 3.26. The Labute approximate surface area is 158 Å². The maximum atomic E-state index is 13.5. The van der Waals surface area contributed by atoms with Crippen LogP contribution in [0.25, 0.3) is 0 Å². The van der Waals surface area contributed by atoms with Crippen LogP contribution in [0.5, 0.6) is 0 Å². The van der Waals surface area contributed by atoms with Crippen LogP contribution in [0.4, 0.5) is 5.69 Å². The minimum Gasteiger partial charge on any atom is -0.372 e. The standard InChI is InChI=1S/C21H23NOS2/c1-24-18-12-11-16(15-19(18)25-2)20(23)21(13-7-4-8-14-21)22-17-9-5-3-6-10-17/h3-7,9-12,15,22H,8,13-14H2,1-2H3. The predicted molar refractivity (Wildman–Crippen MR) is 110 cm³/mol. The van der Waals surface area contributed by atoms with Gasteiger partial charge >= 0.3 is 0 Å². The number of carbonyl (C=O) groups is 1. The number of thioether (sulfide) groups is 2. The first-order chi connectivity index (χ1) is 12.2. The van der Waals surface area contributed by atoms with Gasteiger partial charge in [0.1, 0.15) is 5.54 Å². The number of allylic oxidation sites excluding steroid dienone is 1. The Hall–Kier alpha value is -1.65. The number of hydrogen-bond acceptors (Lipinski definition) is 4. The third-order valence-corrected chi connectivity index (χ3v) is 6.31. The van der Waals surface area contributed by atoms with Gasteiger partial charge in [-0.15, -0.1) is 23.5 Å². The number of hydrogen-bond donors (Lipinski definition) is 1. The van der Waals surface area contributed by atoms with Crippen molar-refractivity contribution in [1.29, 1.82) is 0 Å². The Balaban J connectivity index is 1.96. The smallest absolute Gasteiger partial charge is 0.188 e. The van der Waals surface area contributed by atoms with E-state index in [0.29, 0.717) is 0 Å². The molecule has 1 N–H and O–H groups in total. The maximum Gasteiger partial charge on any atom is 0.188 e. The highest BCUT2D eigenvalue weighted by Gasteiger charge is 2.38. The molecule has 1 aliphatic rings. The van der Waals surface area contributed by atoms with Crippen molar-refractivity contribution in [2.24, 2.45) is 0 Å². The van der Waals surface area contributed by atoms with Crippen molar-refractivity contribution in [2.75, 3.05) is 17.8 Å². The van der Waals surface area contributed by atoms with Gasteiger partial charge in [0, 0.05) is 21.0 Å². The Bertz CT molecular complexity index is 773. The largest absolute Gasteiger partial charge is 0.372 e. The molecule has 0 saturated carbocycles. The van der Waals surface area contributed by atoms with Crippen LogP contribution in [0, 0.1) is 0 Å². The number of carbonyl (C=O) groups excluding carboxylic acids is 1. The summed E-state index contributed by atoms with van der Waals surface area (Å²) in [4.78, 5) is 15.9. The first-order valence-electron chi connectivity index (χ1n) is 8.43. The van der Waals surface area contributed by atoms with Gasteiger partial charge in [0.25, 0.3) is 0 Å². The van der Waals surface area contributed by atoms with Crippen molar-refractivity contribution < 1.29 is 4.79 Å². The second-order valence-corrected chi connectivity index (χ2v) is 7.88. The van der Waals surface area contributed by atoms with Gasteiger partial charge in [-0.1, -0.05) is 36.4 Å². The van der Waals surface area contributed by atoms with E-state index >= 15 is 0 Å². The van der Waals surface area contributed by atoms with E-state index in [4.69, 9.17) is 0 Å². The topological polar surface area (TPSA) is 29.1 Å². The number of para-hydroxylation sites is 1. The SMILES string of the molecule is CSc1ccc(C(=O)C2(Nc3ccccc3)CC=CCC2)cc1SC. The lowest BCUT2D eigenvalue weighted by Crippen LogP contribution is -2.47. The molecule has 2 nitrogen and oxygen atoms in total. The number of ketones is 1. The Kier molecular flexibility index (Phi) is 5.92. The summed E-state index contributed by atoms with van der Waals surface area (Å²) in [6.45, 7) is 0. The average molecular weight is 370 g/mol. The molecule has 0 radical (unpaired) electrons. The Morgan fingerprint density at radius 3 is 2.40 bits per heavy atom. The molecule has 3 rings (SSSR count). The highest BCUT2D eigenvalue weighted by molar-refractivity contribution is 8.01. The van der Waals surface area contributed by atoms with Crippen LogP contribution >= 0.6 is 23.5 Å². The summed E-state index contributed by atoms with van der Waals surface area (Å²) in [5.74, 6) is 0.184. The van der Waals surface area contributed by atoms with Gasteiger partial charge in [-0.3, -0.25) is 4.79 Å².